The minimum Gasteiger partial charge on any atom is -0.496 e. The predicted molar refractivity (Wildman–Crippen MR) is 67.2 cm³/mol. The van der Waals surface area contributed by atoms with Crippen molar-refractivity contribution in [2.45, 2.75) is 9.85 Å². The molecule has 0 saturated heterocycles. The summed E-state index contributed by atoms with van der Waals surface area (Å²) in [5.74, 6) is 1.58. The van der Waals surface area contributed by atoms with E-state index in [2.05, 4.69) is 15.9 Å². The average molecular weight is 292 g/mol. The molecule has 84 valence electrons. The monoisotopic (exact) mass is 291 g/mol. The van der Waals surface area contributed by atoms with Gasteiger partial charge in [-0.2, -0.15) is 0 Å². The number of alkyl halides is 1. The second kappa shape index (κ2) is 5.63. The second-order valence-electron chi connectivity index (χ2n) is 2.85. The summed E-state index contributed by atoms with van der Waals surface area (Å²) < 4.78 is 10.5. The molecule has 0 heterocycles. The third-order valence-corrected chi connectivity index (χ3v) is 3.29. The van der Waals surface area contributed by atoms with Gasteiger partial charge in [-0.25, -0.2) is 0 Å². The van der Waals surface area contributed by atoms with E-state index in [9.17, 15) is 0 Å². The molecule has 1 atom stereocenters. The molecule has 0 saturated carbocycles. The fourth-order valence-electron chi connectivity index (χ4n) is 1.27. The molecule has 0 aromatic heterocycles. The maximum absolute atomic E-state index is 5.78. The smallest absolute Gasteiger partial charge is 0.133 e. The topological polar surface area (TPSA) is 44.5 Å². The Morgan fingerprint density at radius 2 is 1.87 bits per heavy atom. The van der Waals surface area contributed by atoms with E-state index in [1.807, 2.05) is 18.4 Å². The highest BCUT2D eigenvalue weighted by Gasteiger charge is 2.14. The largest absolute Gasteiger partial charge is 0.496 e. The first kappa shape index (κ1) is 12.7. The lowest BCUT2D eigenvalue weighted by Crippen LogP contribution is -2.05. The van der Waals surface area contributed by atoms with Gasteiger partial charge in [0.15, 0.2) is 0 Å². The number of ether oxygens (including phenoxy) is 2. The van der Waals surface area contributed by atoms with Crippen molar-refractivity contribution in [1.82, 2.24) is 0 Å². The van der Waals surface area contributed by atoms with Crippen LogP contribution in [-0.4, -0.2) is 20.5 Å². The van der Waals surface area contributed by atoms with Crippen molar-refractivity contribution in [3.8, 4) is 11.5 Å². The molecular weight excluding hydrogens is 278 g/mol. The summed E-state index contributed by atoms with van der Waals surface area (Å²) in [7, 11) is 3.27. The summed E-state index contributed by atoms with van der Waals surface area (Å²) in [6.07, 6.45) is 1.99. The number of halogens is 1. The number of hydrogen-bond donors (Lipinski definition) is 1. The Morgan fingerprint density at radius 3 is 2.27 bits per heavy atom. The SMILES string of the molecule is COc1cc(C(N)Br)c(OC)cc1SC. The van der Waals surface area contributed by atoms with Gasteiger partial charge in [-0.1, -0.05) is 15.9 Å². The minimum atomic E-state index is -0.253. The molecule has 2 N–H and O–H groups in total. The lowest BCUT2D eigenvalue weighted by atomic mass is 10.2. The number of rotatable bonds is 4. The van der Waals surface area contributed by atoms with Crippen molar-refractivity contribution in [3.05, 3.63) is 17.7 Å². The van der Waals surface area contributed by atoms with Crippen LogP contribution < -0.4 is 15.2 Å². The molecule has 1 rings (SSSR count). The Bertz CT molecular complexity index is 344. The van der Waals surface area contributed by atoms with E-state index in [0.29, 0.717) is 0 Å². The summed E-state index contributed by atoms with van der Waals surface area (Å²) in [6.45, 7) is 0. The number of benzene rings is 1. The molecule has 0 amide bonds. The van der Waals surface area contributed by atoms with Crippen LogP contribution in [0.15, 0.2) is 17.0 Å². The maximum Gasteiger partial charge on any atom is 0.133 e. The van der Waals surface area contributed by atoms with E-state index in [-0.39, 0.29) is 4.95 Å². The fraction of sp³-hybridized carbons (Fsp3) is 0.400. The van der Waals surface area contributed by atoms with Gasteiger partial charge in [0.1, 0.15) is 11.5 Å². The molecule has 0 bridgehead atoms. The number of nitrogens with two attached hydrogens (primary N) is 1. The van der Waals surface area contributed by atoms with Gasteiger partial charge in [0, 0.05) is 5.56 Å². The zero-order valence-corrected chi connectivity index (χ0v) is 11.3. The van der Waals surface area contributed by atoms with Crippen molar-refractivity contribution in [2.75, 3.05) is 20.5 Å². The number of methoxy groups -OCH3 is 2. The van der Waals surface area contributed by atoms with E-state index in [0.717, 1.165) is 22.0 Å². The van der Waals surface area contributed by atoms with Crippen LogP contribution in [0.3, 0.4) is 0 Å². The van der Waals surface area contributed by atoms with Gasteiger partial charge in [0.2, 0.25) is 0 Å². The highest BCUT2D eigenvalue weighted by Crippen LogP contribution is 2.37. The second-order valence-corrected chi connectivity index (χ2v) is 4.69. The quantitative estimate of drug-likeness (QED) is 0.526. The Hall–Kier alpha value is -0.390. The highest BCUT2D eigenvalue weighted by atomic mass is 79.9. The Labute approximate surface area is 102 Å². The van der Waals surface area contributed by atoms with Crippen LogP contribution in [0, 0.1) is 0 Å². The number of hydrogen-bond acceptors (Lipinski definition) is 4. The van der Waals surface area contributed by atoms with Gasteiger partial charge in [0.05, 0.1) is 24.1 Å². The molecule has 3 nitrogen and oxygen atoms in total. The van der Waals surface area contributed by atoms with Crippen LogP contribution in [-0.2, 0) is 0 Å². The molecule has 1 unspecified atom stereocenters. The molecule has 5 heteroatoms. The van der Waals surface area contributed by atoms with Crippen molar-refractivity contribution in [2.24, 2.45) is 5.73 Å². The third-order valence-electron chi connectivity index (χ3n) is 2.03. The lowest BCUT2D eigenvalue weighted by Gasteiger charge is -2.14. The van der Waals surface area contributed by atoms with Crippen LogP contribution in [0.5, 0.6) is 11.5 Å². The first-order valence-electron chi connectivity index (χ1n) is 4.33. The molecule has 0 radical (unpaired) electrons. The van der Waals surface area contributed by atoms with E-state index >= 15 is 0 Å². The fourth-order valence-corrected chi connectivity index (χ4v) is 2.19. The molecule has 0 aliphatic rings. The first-order chi connectivity index (χ1) is 7.13. The maximum atomic E-state index is 5.78. The third kappa shape index (κ3) is 2.80. The van der Waals surface area contributed by atoms with Crippen LogP contribution in [0.25, 0.3) is 0 Å². The normalized spacial score (nSPS) is 12.3. The van der Waals surface area contributed by atoms with E-state index in [1.54, 1.807) is 26.0 Å². The molecule has 0 aliphatic heterocycles. The van der Waals surface area contributed by atoms with Gasteiger partial charge in [-0.15, -0.1) is 11.8 Å². The van der Waals surface area contributed by atoms with Crippen molar-refractivity contribution >= 4 is 27.7 Å². The Balaban J connectivity index is 3.27. The van der Waals surface area contributed by atoms with E-state index < -0.39 is 0 Å². The minimum absolute atomic E-state index is 0.253. The van der Waals surface area contributed by atoms with Crippen molar-refractivity contribution in [1.29, 1.82) is 0 Å². The molecule has 1 aromatic carbocycles. The van der Waals surface area contributed by atoms with Crippen LogP contribution >= 0.6 is 27.7 Å². The first-order valence-corrected chi connectivity index (χ1v) is 6.47. The zero-order valence-electron chi connectivity index (χ0n) is 8.91. The summed E-state index contributed by atoms with van der Waals surface area (Å²) in [5, 5.41) is 0. The Kier molecular flexibility index (Phi) is 4.76. The zero-order chi connectivity index (χ0) is 11.4. The Morgan fingerprint density at radius 1 is 1.27 bits per heavy atom. The summed E-state index contributed by atoms with van der Waals surface area (Å²) in [4.78, 5) is 0.781. The van der Waals surface area contributed by atoms with Gasteiger partial charge >= 0.3 is 0 Å². The standard InChI is InChI=1S/C10H14BrNO2S/c1-13-7-5-9(15-3)8(14-2)4-6(7)10(11)12/h4-5,10H,12H2,1-3H3. The molecule has 0 aliphatic carbocycles. The van der Waals surface area contributed by atoms with E-state index in [1.165, 1.54) is 0 Å². The van der Waals surface area contributed by atoms with Crippen LogP contribution in [0.4, 0.5) is 0 Å². The molecule has 15 heavy (non-hydrogen) atoms. The summed E-state index contributed by atoms with van der Waals surface area (Å²) >= 11 is 4.93. The average Bonchev–Trinajstić information content (AvgIpc) is 2.26. The van der Waals surface area contributed by atoms with E-state index in [4.69, 9.17) is 15.2 Å². The van der Waals surface area contributed by atoms with Crippen LogP contribution in [0.1, 0.15) is 10.5 Å². The van der Waals surface area contributed by atoms with Gasteiger partial charge in [-0.05, 0) is 18.4 Å². The van der Waals surface area contributed by atoms with Crippen LogP contribution in [0.2, 0.25) is 0 Å². The summed E-state index contributed by atoms with van der Waals surface area (Å²) in [6, 6.07) is 3.82. The van der Waals surface area contributed by atoms with Crippen molar-refractivity contribution in [3.63, 3.8) is 0 Å². The lowest BCUT2D eigenvalue weighted by molar-refractivity contribution is 0.390. The predicted octanol–water partition coefficient (Wildman–Crippen LogP) is 2.78. The van der Waals surface area contributed by atoms with Gasteiger partial charge < -0.3 is 15.2 Å². The van der Waals surface area contributed by atoms with Crippen molar-refractivity contribution < 1.29 is 9.47 Å². The van der Waals surface area contributed by atoms with Gasteiger partial charge in [-0.3, -0.25) is 0 Å². The number of thioether (sulfide) groups is 1. The molecule has 0 fully saturated rings. The highest BCUT2D eigenvalue weighted by molar-refractivity contribution is 9.09. The molecular formula is C10H14BrNO2S. The molecule has 1 aromatic rings. The van der Waals surface area contributed by atoms with Gasteiger partial charge in [0.25, 0.3) is 0 Å². The summed E-state index contributed by atoms with van der Waals surface area (Å²) in [5.41, 5.74) is 6.66. The molecule has 0 spiro atoms.